The molecule has 2 N–H and O–H groups in total. The van der Waals surface area contributed by atoms with Gasteiger partial charge in [0.25, 0.3) is 0 Å². The minimum absolute atomic E-state index is 0.176. The van der Waals surface area contributed by atoms with E-state index in [1.54, 1.807) is 27.8 Å². The van der Waals surface area contributed by atoms with Crippen LogP contribution in [0.3, 0.4) is 0 Å². The van der Waals surface area contributed by atoms with Gasteiger partial charge in [-0.3, -0.25) is 0 Å². The molecule has 0 saturated carbocycles. The third-order valence-corrected chi connectivity index (χ3v) is 6.46. The van der Waals surface area contributed by atoms with E-state index in [0.717, 1.165) is 33.7 Å². The van der Waals surface area contributed by atoms with Gasteiger partial charge in [0.05, 0.1) is 18.3 Å². The number of benzene rings is 1. The summed E-state index contributed by atoms with van der Waals surface area (Å²) in [7, 11) is 3.41. The zero-order valence-electron chi connectivity index (χ0n) is 17.5. The molecule has 10 heteroatoms. The smallest absolute Gasteiger partial charge is 0.433 e. The Kier molecular flexibility index (Phi) is 9.04. The number of ether oxygens (including phenoxy) is 2. The van der Waals surface area contributed by atoms with E-state index in [4.69, 9.17) is 9.47 Å². The molecule has 1 aromatic carbocycles. The lowest BCUT2D eigenvalue weighted by atomic mass is 10.2. The molecular formula is C21H25N5O3S2. The first-order chi connectivity index (χ1) is 15.2. The van der Waals surface area contributed by atoms with Crippen molar-refractivity contribution in [2.24, 2.45) is 0 Å². The van der Waals surface area contributed by atoms with Crippen LogP contribution in [0.4, 0.5) is 22.1 Å². The monoisotopic (exact) mass is 459 g/mol. The van der Waals surface area contributed by atoms with Crippen LogP contribution in [-0.4, -0.2) is 52.4 Å². The number of carbonyl (C=O) groups excluding carboxylic acids is 1. The van der Waals surface area contributed by atoms with Crippen LogP contribution in [0.1, 0.15) is 12.5 Å². The number of aryl methyl sites for hydroxylation is 1. The number of fused-ring (bicyclic) bond motifs is 1. The topological polar surface area (TPSA) is 98.3 Å². The fourth-order valence-electron chi connectivity index (χ4n) is 2.67. The van der Waals surface area contributed by atoms with E-state index < -0.39 is 6.16 Å². The van der Waals surface area contributed by atoms with Crippen LogP contribution in [0.25, 0.3) is 10.9 Å². The molecule has 164 valence electrons. The predicted molar refractivity (Wildman–Crippen MR) is 128 cm³/mol. The van der Waals surface area contributed by atoms with Crippen molar-refractivity contribution in [3.8, 4) is 0 Å². The summed E-state index contributed by atoms with van der Waals surface area (Å²) in [5.41, 5.74) is 2.84. The lowest BCUT2D eigenvalue weighted by Gasteiger charge is -2.11. The van der Waals surface area contributed by atoms with Gasteiger partial charge >= 0.3 is 6.16 Å². The molecule has 0 radical (unpaired) electrons. The number of nitrogens with one attached hydrogen (secondary N) is 2. The van der Waals surface area contributed by atoms with Crippen molar-refractivity contribution in [2.45, 2.75) is 13.8 Å². The maximum Gasteiger partial charge on any atom is 0.508 e. The van der Waals surface area contributed by atoms with E-state index in [2.05, 4.69) is 32.5 Å². The third kappa shape index (κ3) is 7.48. The van der Waals surface area contributed by atoms with Crippen LogP contribution in [0.5, 0.6) is 0 Å². The number of hydrogen-bond donors (Lipinski definition) is 2. The van der Waals surface area contributed by atoms with Gasteiger partial charge in [-0.15, -0.1) is 0 Å². The van der Waals surface area contributed by atoms with Crippen LogP contribution < -0.4 is 10.6 Å². The van der Waals surface area contributed by atoms with Gasteiger partial charge in [0.15, 0.2) is 0 Å². The highest BCUT2D eigenvalue weighted by Gasteiger charge is 2.08. The fourth-order valence-corrected chi connectivity index (χ4v) is 4.16. The zero-order valence-corrected chi connectivity index (χ0v) is 19.1. The van der Waals surface area contributed by atoms with Gasteiger partial charge in [-0.25, -0.2) is 19.7 Å². The number of nitrogens with zero attached hydrogens (tertiary/aromatic N) is 3. The highest BCUT2D eigenvalue weighted by Crippen LogP contribution is 2.24. The summed E-state index contributed by atoms with van der Waals surface area (Å²) in [6.07, 6.45) is 2.53. The maximum absolute atomic E-state index is 11.6. The van der Waals surface area contributed by atoms with Crippen molar-refractivity contribution in [1.29, 1.82) is 0 Å². The van der Waals surface area contributed by atoms with E-state index in [0.29, 0.717) is 24.8 Å². The van der Waals surface area contributed by atoms with Gasteiger partial charge in [0, 0.05) is 22.6 Å². The highest BCUT2D eigenvalue weighted by molar-refractivity contribution is 8.76. The summed E-state index contributed by atoms with van der Waals surface area (Å²) in [5, 5.41) is 7.31. The van der Waals surface area contributed by atoms with Crippen molar-refractivity contribution >= 4 is 56.0 Å². The molecule has 0 amide bonds. The van der Waals surface area contributed by atoms with Gasteiger partial charge in [-0.2, -0.15) is 0 Å². The van der Waals surface area contributed by atoms with Crippen molar-refractivity contribution in [1.82, 2.24) is 15.0 Å². The second-order valence-corrected chi connectivity index (χ2v) is 9.28. The Bertz CT molecular complexity index is 1010. The summed E-state index contributed by atoms with van der Waals surface area (Å²) in [4.78, 5) is 24.6. The zero-order chi connectivity index (χ0) is 21.9. The van der Waals surface area contributed by atoms with Gasteiger partial charge in [0.1, 0.15) is 31.2 Å². The minimum Gasteiger partial charge on any atom is -0.433 e. The molecule has 0 spiro atoms. The van der Waals surface area contributed by atoms with Crippen LogP contribution in [0.2, 0.25) is 0 Å². The van der Waals surface area contributed by atoms with Crippen LogP contribution >= 0.6 is 21.6 Å². The molecule has 0 unspecified atom stereocenters. The second-order valence-electron chi connectivity index (χ2n) is 6.41. The van der Waals surface area contributed by atoms with Crippen LogP contribution in [0.15, 0.2) is 42.9 Å². The average molecular weight is 460 g/mol. The Morgan fingerprint density at radius 1 is 1.10 bits per heavy atom. The largest absolute Gasteiger partial charge is 0.508 e. The Morgan fingerprint density at radius 3 is 2.81 bits per heavy atom. The average Bonchev–Trinajstić information content (AvgIpc) is 2.77. The molecule has 0 atom stereocenters. The first-order valence-electron chi connectivity index (χ1n) is 9.88. The van der Waals surface area contributed by atoms with E-state index >= 15 is 0 Å². The van der Waals surface area contributed by atoms with E-state index in [1.165, 1.54) is 6.33 Å². The number of hydrogen-bond acceptors (Lipinski definition) is 10. The van der Waals surface area contributed by atoms with Gasteiger partial charge in [0.2, 0.25) is 0 Å². The Morgan fingerprint density at radius 2 is 1.97 bits per heavy atom. The molecular weight excluding hydrogens is 434 g/mol. The van der Waals surface area contributed by atoms with Crippen molar-refractivity contribution < 1.29 is 14.3 Å². The standard InChI is InChI=1S/C21H25N5O3S2/c1-3-30-31-10-9-29-21(27)28-8-7-22-19-12-17-18(13-23-19)24-14-25-20(17)26-16-6-4-5-15(2)11-16/h4-6,11-14H,3,7-10H2,1-2H3,(H,22,23)(H,24,25,26). The number of aromatic nitrogens is 3. The highest BCUT2D eigenvalue weighted by atomic mass is 33.1. The predicted octanol–water partition coefficient (Wildman–Crippen LogP) is 5.04. The number of carbonyl (C=O) groups is 1. The van der Waals surface area contributed by atoms with Crippen LogP contribution in [0, 0.1) is 6.92 Å². The normalized spacial score (nSPS) is 10.6. The molecule has 0 aliphatic heterocycles. The number of anilines is 3. The minimum atomic E-state index is -0.659. The first-order valence-corrected chi connectivity index (χ1v) is 12.4. The van der Waals surface area contributed by atoms with E-state index in [1.807, 2.05) is 37.3 Å². The molecule has 0 aliphatic rings. The summed E-state index contributed by atoms with van der Waals surface area (Å²) < 4.78 is 10.1. The number of rotatable bonds is 11. The SMILES string of the molecule is CCSSCCOC(=O)OCCNc1cc2c(Nc3cccc(C)c3)ncnc2cn1. The molecule has 0 aliphatic carbocycles. The molecule has 3 rings (SSSR count). The second kappa shape index (κ2) is 12.2. The quantitative estimate of drug-likeness (QED) is 0.230. The summed E-state index contributed by atoms with van der Waals surface area (Å²) in [6.45, 7) is 5.04. The Balaban J connectivity index is 1.52. The van der Waals surface area contributed by atoms with Gasteiger partial charge < -0.3 is 20.1 Å². The molecule has 2 aromatic heterocycles. The maximum atomic E-state index is 11.6. The molecule has 0 fully saturated rings. The molecule has 0 bridgehead atoms. The molecule has 8 nitrogen and oxygen atoms in total. The van der Waals surface area contributed by atoms with Crippen LogP contribution in [-0.2, 0) is 9.47 Å². The van der Waals surface area contributed by atoms with E-state index in [-0.39, 0.29) is 6.61 Å². The molecule has 31 heavy (non-hydrogen) atoms. The van der Waals surface area contributed by atoms with Gasteiger partial charge in [-0.05, 0) is 30.7 Å². The fraction of sp³-hybridized carbons (Fsp3) is 0.333. The summed E-state index contributed by atoms with van der Waals surface area (Å²) in [5.74, 6) is 3.10. The molecule has 3 aromatic rings. The first kappa shape index (κ1) is 23.0. The van der Waals surface area contributed by atoms with Gasteiger partial charge in [-0.1, -0.05) is 40.6 Å². The Hall–Kier alpha value is -2.72. The number of pyridine rings is 1. The summed E-state index contributed by atoms with van der Waals surface area (Å²) in [6, 6.07) is 9.93. The van der Waals surface area contributed by atoms with Crippen molar-refractivity contribution in [3.63, 3.8) is 0 Å². The lowest BCUT2D eigenvalue weighted by Crippen LogP contribution is -2.16. The third-order valence-electron chi connectivity index (χ3n) is 4.02. The lowest BCUT2D eigenvalue weighted by molar-refractivity contribution is 0.0627. The molecule has 2 heterocycles. The molecule has 0 saturated heterocycles. The van der Waals surface area contributed by atoms with E-state index in [9.17, 15) is 4.79 Å². The van der Waals surface area contributed by atoms with Crippen molar-refractivity contribution in [2.75, 3.05) is 41.9 Å². The van der Waals surface area contributed by atoms with Crippen molar-refractivity contribution in [3.05, 3.63) is 48.4 Å². The summed E-state index contributed by atoms with van der Waals surface area (Å²) >= 11 is 0. The Labute approximate surface area is 189 Å².